The number of nitrogens with zero attached hydrogens (tertiary/aromatic N) is 3. The summed E-state index contributed by atoms with van der Waals surface area (Å²) in [7, 11) is 0. The highest BCUT2D eigenvalue weighted by Gasteiger charge is 2.16. The summed E-state index contributed by atoms with van der Waals surface area (Å²) in [5, 5.41) is 3.06. The van der Waals surface area contributed by atoms with Gasteiger partial charge in [0.2, 0.25) is 5.91 Å². The number of benzene rings is 1. The lowest BCUT2D eigenvalue weighted by molar-refractivity contribution is -0.116. The normalized spacial score (nSPS) is 14.0. The molecule has 0 saturated carbocycles. The van der Waals surface area contributed by atoms with E-state index in [0.717, 1.165) is 68.3 Å². The summed E-state index contributed by atoms with van der Waals surface area (Å²) in [5.41, 5.74) is 4.08. The molecule has 3 rings (SSSR count). The molecule has 1 aliphatic rings. The quantitative estimate of drug-likeness (QED) is 0.683. The number of carbonyl (C=O) groups is 1. The van der Waals surface area contributed by atoms with Gasteiger partial charge in [-0.1, -0.05) is 50.2 Å². The van der Waals surface area contributed by atoms with Crippen LogP contribution in [0.5, 0.6) is 0 Å². The van der Waals surface area contributed by atoms with Crippen molar-refractivity contribution in [3.8, 4) is 0 Å². The van der Waals surface area contributed by atoms with Crippen LogP contribution in [-0.2, 0) is 17.6 Å². The third-order valence-electron chi connectivity index (χ3n) is 5.87. The third-order valence-corrected chi connectivity index (χ3v) is 5.87. The van der Waals surface area contributed by atoms with Crippen molar-refractivity contribution in [2.24, 2.45) is 0 Å². The van der Waals surface area contributed by atoms with E-state index in [9.17, 15) is 4.79 Å². The van der Waals surface area contributed by atoms with Crippen LogP contribution in [0.3, 0.4) is 0 Å². The highest BCUT2D eigenvalue weighted by Crippen LogP contribution is 2.16. The number of likely N-dealkylation sites (N-methyl/N-ethyl adjacent to an activating group) is 1. The van der Waals surface area contributed by atoms with Gasteiger partial charge in [-0.3, -0.25) is 4.79 Å². The molecular weight excluding hydrogens is 396 g/mol. The van der Waals surface area contributed by atoms with Crippen molar-refractivity contribution in [3.63, 3.8) is 0 Å². The maximum atomic E-state index is 12.5. The summed E-state index contributed by atoms with van der Waals surface area (Å²) in [6.07, 6.45) is 2.03. The number of rotatable bonds is 7. The summed E-state index contributed by atoms with van der Waals surface area (Å²) in [4.78, 5) is 22.4. The molecule has 1 aromatic heterocycles. The largest absolute Gasteiger partial charge is 0.354 e. The summed E-state index contributed by atoms with van der Waals surface area (Å²) in [6.45, 7) is 11.7. The highest BCUT2D eigenvalue weighted by molar-refractivity contribution is 5.90. The highest BCUT2D eigenvalue weighted by atomic mass is 16.1. The fourth-order valence-electron chi connectivity index (χ4n) is 3.79. The molecule has 32 heavy (non-hydrogen) atoms. The van der Waals surface area contributed by atoms with Gasteiger partial charge in [0.15, 0.2) is 0 Å². The standard InChI is InChI=1S/C27H36N4O/c1-4-24-14-15-25(29-27(32)16-12-23-9-7-6-8-10-23)13-11-22(3)21-26(28-24)31-19-17-30(5-2)18-20-31/h6-11,13-15,21H,4-5,12,16-20H2,1-3H3,(H,29,32). The first kappa shape index (κ1) is 23.7. The van der Waals surface area contributed by atoms with Gasteiger partial charge in [0, 0.05) is 44.0 Å². The molecule has 0 aliphatic carbocycles. The lowest BCUT2D eigenvalue weighted by atomic mass is 10.1. The van der Waals surface area contributed by atoms with Gasteiger partial charge in [0.25, 0.3) is 0 Å². The van der Waals surface area contributed by atoms with E-state index in [1.54, 1.807) is 0 Å². The number of aryl methyl sites for hydroxylation is 3. The Balaban J connectivity index is 1.77. The Morgan fingerprint density at radius 3 is 2.38 bits per heavy atom. The van der Waals surface area contributed by atoms with Crippen molar-refractivity contribution in [1.82, 2.24) is 9.88 Å². The molecule has 5 heteroatoms. The number of amides is 1. The van der Waals surface area contributed by atoms with E-state index < -0.39 is 0 Å². The van der Waals surface area contributed by atoms with Gasteiger partial charge in [-0.25, -0.2) is 4.98 Å². The molecule has 0 atom stereocenters. The second kappa shape index (κ2) is 12.2. The van der Waals surface area contributed by atoms with E-state index in [2.05, 4.69) is 54.1 Å². The molecule has 0 radical (unpaired) electrons. The SMILES string of the molecule is CCc1ccc(NC(=O)CCc2ccccc2)ccc(C)cc(N2CCN(CC)CC2)n1. The molecule has 2 aromatic rings. The maximum Gasteiger partial charge on any atom is 0.224 e. The van der Waals surface area contributed by atoms with Crippen molar-refractivity contribution >= 4 is 17.4 Å². The summed E-state index contributed by atoms with van der Waals surface area (Å²) in [6, 6.07) is 20.3. The minimum Gasteiger partial charge on any atom is -0.354 e. The predicted octanol–water partition coefficient (Wildman–Crippen LogP) is 4.79. The van der Waals surface area contributed by atoms with Crippen LogP contribution in [0.25, 0.3) is 0 Å². The number of carbonyl (C=O) groups excluding carboxylic acids is 1. The molecule has 5 nitrogen and oxygen atoms in total. The molecule has 2 heterocycles. The molecule has 0 spiro atoms. The minimum absolute atomic E-state index is 0.0212. The maximum absolute atomic E-state index is 12.5. The number of hydrogen-bond donors (Lipinski definition) is 1. The average Bonchev–Trinajstić information content (AvgIpc) is 2.83. The minimum atomic E-state index is 0.0212. The smallest absolute Gasteiger partial charge is 0.224 e. The molecule has 1 saturated heterocycles. The fraction of sp³-hybridized carbons (Fsp3) is 0.407. The first-order valence-electron chi connectivity index (χ1n) is 11.7. The van der Waals surface area contributed by atoms with Crippen LogP contribution < -0.4 is 10.2 Å². The summed E-state index contributed by atoms with van der Waals surface area (Å²) < 4.78 is 0. The Morgan fingerprint density at radius 1 is 0.969 bits per heavy atom. The van der Waals surface area contributed by atoms with Gasteiger partial charge >= 0.3 is 0 Å². The van der Waals surface area contributed by atoms with Crippen molar-refractivity contribution in [2.45, 2.75) is 40.0 Å². The molecule has 1 aliphatic heterocycles. The Kier molecular flexibility index (Phi) is 9.05. The van der Waals surface area contributed by atoms with Crippen LogP contribution in [0.1, 0.15) is 37.1 Å². The second-order valence-electron chi connectivity index (χ2n) is 8.28. The number of aromatic nitrogens is 1. The van der Waals surface area contributed by atoms with E-state index in [1.807, 2.05) is 42.5 Å². The molecule has 0 bridgehead atoms. The zero-order chi connectivity index (χ0) is 22.8. The van der Waals surface area contributed by atoms with Crippen molar-refractivity contribution in [1.29, 1.82) is 0 Å². The average molecular weight is 433 g/mol. The Bertz CT molecular complexity index is 935. The van der Waals surface area contributed by atoms with Crippen LogP contribution in [0, 0.1) is 6.92 Å². The third kappa shape index (κ3) is 7.34. The molecular formula is C27H36N4O. The van der Waals surface area contributed by atoms with Crippen molar-refractivity contribution < 1.29 is 4.79 Å². The van der Waals surface area contributed by atoms with Gasteiger partial charge in [0.05, 0.1) is 0 Å². The lowest BCUT2D eigenvalue weighted by Gasteiger charge is -2.34. The molecule has 1 amide bonds. The Morgan fingerprint density at radius 2 is 1.69 bits per heavy atom. The van der Waals surface area contributed by atoms with E-state index in [4.69, 9.17) is 4.98 Å². The van der Waals surface area contributed by atoms with Crippen LogP contribution in [0.2, 0.25) is 0 Å². The van der Waals surface area contributed by atoms with Crippen LogP contribution in [-0.4, -0.2) is 48.5 Å². The summed E-state index contributed by atoms with van der Waals surface area (Å²) >= 11 is 0. The topological polar surface area (TPSA) is 48.5 Å². The van der Waals surface area contributed by atoms with E-state index in [-0.39, 0.29) is 5.91 Å². The molecule has 1 fully saturated rings. The lowest BCUT2D eigenvalue weighted by Crippen LogP contribution is -2.46. The van der Waals surface area contributed by atoms with Gasteiger partial charge in [0.1, 0.15) is 5.82 Å². The fourth-order valence-corrected chi connectivity index (χ4v) is 3.79. The second-order valence-corrected chi connectivity index (χ2v) is 8.28. The monoisotopic (exact) mass is 432 g/mol. The number of anilines is 2. The Labute approximate surface area is 192 Å². The molecule has 0 unspecified atom stereocenters. The molecule has 1 N–H and O–H groups in total. The zero-order valence-electron chi connectivity index (χ0n) is 19.7. The first-order chi connectivity index (χ1) is 15.6. The number of nitrogens with one attached hydrogen (secondary N) is 1. The van der Waals surface area contributed by atoms with E-state index >= 15 is 0 Å². The van der Waals surface area contributed by atoms with Gasteiger partial charge in [-0.05, 0) is 61.7 Å². The summed E-state index contributed by atoms with van der Waals surface area (Å²) in [5.74, 6) is 1.05. The van der Waals surface area contributed by atoms with Crippen LogP contribution in [0.4, 0.5) is 11.5 Å². The zero-order valence-corrected chi connectivity index (χ0v) is 19.7. The van der Waals surface area contributed by atoms with Crippen molar-refractivity contribution in [3.05, 3.63) is 77.5 Å². The first-order valence-corrected chi connectivity index (χ1v) is 11.7. The molecule has 170 valence electrons. The number of hydrogen-bond acceptors (Lipinski definition) is 4. The molecule has 1 aromatic carbocycles. The Hall–Kier alpha value is -2.92. The van der Waals surface area contributed by atoms with Crippen LogP contribution in [0.15, 0.2) is 60.7 Å². The van der Waals surface area contributed by atoms with E-state index in [0.29, 0.717) is 6.42 Å². The van der Waals surface area contributed by atoms with Gasteiger partial charge in [-0.2, -0.15) is 0 Å². The van der Waals surface area contributed by atoms with Gasteiger partial charge < -0.3 is 15.1 Å². The predicted molar refractivity (Wildman–Crippen MR) is 134 cm³/mol. The van der Waals surface area contributed by atoms with Crippen molar-refractivity contribution in [2.75, 3.05) is 42.9 Å². The van der Waals surface area contributed by atoms with E-state index in [1.165, 1.54) is 5.56 Å². The van der Waals surface area contributed by atoms with Gasteiger partial charge in [-0.15, -0.1) is 0 Å². The van der Waals surface area contributed by atoms with Crippen LogP contribution >= 0.6 is 0 Å². The number of piperazine rings is 1.